The van der Waals surface area contributed by atoms with Crippen LogP contribution in [0.15, 0.2) is 47.3 Å². The Kier molecular flexibility index (Phi) is 9.95. The van der Waals surface area contributed by atoms with E-state index in [4.69, 9.17) is 32.9 Å². The van der Waals surface area contributed by atoms with Gasteiger partial charge in [0.05, 0.1) is 40.1 Å². The Hall–Kier alpha value is -2.61. The average Bonchev–Trinajstić information content (AvgIpc) is 2.85. The number of rotatable bonds is 11. The Balaban J connectivity index is 2.05. The molecule has 9 heteroatoms. The van der Waals surface area contributed by atoms with Gasteiger partial charge < -0.3 is 15.0 Å². The van der Waals surface area contributed by atoms with Gasteiger partial charge in [0, 0.05) is 19.3 Å². The van der Waals surface area contributed by atoms with E-state index in [-0.39, 0.29) is 11.6 Å². The SMILES string of the molecule is CCCCCN(C(=O)Nc1ccc(Cl)c(Cl)c1)C(CC)c1nc2ccccc2c(=O)n1CCOC. The number of halogens is 2. The van der Waals surface area contributed by atoms with Gasteiger partial charge in [-0.05, 0) is 43.2 Å². The topological polar surface area (TPSA) is 76.5 Å². The van der Waals surface area contributed by atoms with Gasteiger partial charge in [-0.25, -0.2) is 9.78 Å². The van der Waals surface area contributed by atoms with Crippen molar-refractivity contribution in [1.29, 1.82) is 0 Å². The minimum atomic E-state index is -0.413. The third-order valence-electron chi connectivity index (χ3n) is 5.91. The van der Waals surface area contributed by atoms with Crippen LogP contribution in [0.5, 0.6) is 0 Å². The number of unbranched alkanes of at least 4 members (excludes halogenated alkanes) is 2. The zero-order valence-corrected chi connectivity index (χ0v) is 21.9. The van der Waals surface area contributed by atoms with Crippen molar-refractivity contribution in [2.24, 2.45) is 0 Å². The van der Waals surface area contributed by atoms with Crippen molar-refractivity contribution in [2.45, 2.75) is 52.1 Å². The van der Waals surface area contributed by atoms with Crippen molar-refractivity contribution in [2.75, 3.05) is 25.6 Å². The molecule has 0 radical (unpaired) electrons. The summed E-state index contributed by atoms with van der Waals surface area (Å²) in [5.74, 6) is 0.550. The van der Waals surface area contributed by atoms with Gasteiger partial charge in [-0.3, -0.25) is 9.36 Å². The molecule has 0 aliphatic rings. The predicted octanol–water partition coefficient (Wildman–Crippen LogP) is 6.53. The number of fused-ring (bicyclic) bond motifs is 1. The van der Waals surface area contributed by atoms with E-state index >= 15 is 0 Å². The number of aromatic nitrogens is 2. The van der Waals surface area contributed by atoms with E-state index in [0.29, 0.717) is 58.6 Å². The molecule has 0 aliphatic heterocycles. The molecule has 1 unspecified atom stereocenters. The van der Waals surface area contributed by atoms with Gasteiger partial charge in [0.1, 0.15) is 5.82 Å². The van der Waals surface area contributed by atoms with E-state index in [2.05, 4.69) is 12.2 Å². The van der Waals surface area contributed by atoms with Gasteiger partial charge in [-0.2, -0.15) is 0 Å². The van der Waals surface area contributed by atoms with Crippen LogP contribution >= 0.6 is 23.2 Å². The van der Waals surface area contributed by atoms with Crippen molar-refractivity contribution in [3.63, 3.8) is 0 Å². The summed E-state index contributed by atoms with van der Waals surface area (Å²) in [6.07, 6.45) is 3.41. The first kappa shape index (κ1) is 27.0. The van der Waals surface area contributed by atoms with Gasteiger partial charge in [-0.1, -0.05) is 62.0 Å². The van der Waals surface area contributed by atoms with Crippen LogP contribution in [-0.2, 0) is 11.3 Å². The van der Waals surface area contributed by atoms with E-state index in [0.717, 1.165) is 19.3 Å². The molecule has 188 valence electrons. The molecular formula is C26H32Cl2N4O3. The molecule has 0 aliphatic carbocycles. The summed E-state index contributed by atoms with van der Waals surface area (Å²) in [6, 6.07) is 11.6. The fourth-order valence-corrected chi connectivity index (χ4v) is 4.38. The lowest BCUT2D eigenvalue weighted by Crippen LogP contribution is -2.42. The van der Waals surface area contributed by atoms with Gasteiger partial charge in [-0.15, -0.1) is 0 Å². The van der Waals surface area contributed by atoms with E-state index in [1.54, 1.807) is 40.8 Å². The molecule has 0 spiro atoms. The standard InChI is InChI=1S/C26H32Cl2N4O3/c1-4-6-9-14-31(26(34)29-18-12-13-20(27)21(28)17-18)23(5-2)24-30-22-11-8-7-10-19(22)25(33)32(24)15-16-35-3/h7-8,10-13,17,23H,4-6,9,14-16H2,1-3H3,(H,29,34). The second kappa shape index (κ2) is 12.9. The zero-order chi connectivity index (χ0) is 25.4. The van der Waals surface area contributed by atoms with Crippen molar-refractivity contribution in [3.05, 3.63) is 68.7 Å². The number of nitrogens with zero attached hydrogens (tertiary/aromatic N) is 3. The molecule has 35 heavy (non-hydrogen) atoms. The van der Waals surface area contributed by atoms with Crippen LogP contribution in [0.2, 0.25) is 10.0 Å². The lowest BCUT2D eigenvalue weighted by molar-refractivity contribution is 0.168. The molecule has 3 rings (SSSR count). The van der Waals surface area contributed by atoms with Crippen molar-refractivity contribution >= 4 is 45.8 Å². The molecule has 0 saturated heterocycles. The Morgan fingerprint density at radius 2 is 1.91 bits per heavy atom. The number of urea groups is 1. The minimum Gasteiger partial charge on any atom is -0.383 e. The molecule has 0 bridgehead atoms. The van der Waals surface area contributed by atoms with Gasteiger partial charge in [0.15, 0.2) is 0 Å². The number of anilines is 1. The van der Waals surface area contributed by atoms with Crippen LogP contribution in [0.25, 0.3) is 10.9 Å². The van der Waals surface area contributed by atoms with E-state index in [1.807, 2.05) is 25.1 Å². The van der Waals surface area contributed by atoms with Crippen molar-refractivity contribution in [1.82, 2.24) is 14.5 Å². The molecule has 7 nitrogen and oxygen atoms in total. The molecule has 2 amide bonds. The van der Waals surface area contributed by atoms with E-state index in [1.165, 1.54) is 0 Å². The van der Waals surface area contributed by atoms with Gasteiger partial charge in [0.25, 0.3) is 5.56 Å². The maximum Gasteiger partial charge on any atom is 0.322 e. The van der Waals surface area contributed by atoms with E-state index in [9.17, 15) is 9.59 Å². The van der Waals surface area contributed by atoms with Crippen LogP contribution < -0.4 is 10.9 Å². The number of benzene rings is 2. The first-order chi connectivity index (χ1) is 16.9. The molecule has 0 fully saturated rings. The maximum absolute atomic E-state index is 13.5. The van der Waals surface area contributed by atoms with Crippen molar-refractivity contribution in [3.8, 4) is 0 Å². The van der Waals surface area contributed by atoms with Crippen molar-refractivity contribution < 1.29 is 9.53 Å². The summed E-state index contributed by atoms with van der Waals surface area (Å²) in [6.45, 7) is 5.33. The number of para-hydroxylation sites is 1. The second-order valence-corrected chi connectivity index (χ2v) is 9.13. The summed E-state index contributed by atoms with van der Waals surface area (Å²) < 4.78 is 6.90. The van der Waals surface area contributed by atoms with Crippen LogP contribution in [0.4, 0.5) is 10.5 Å². The number of carbonyl (C=O) groups excluding carboxylic acids is 1. The second-order valence-electron chi connectivity index (χ2n) is 8.32. The number of carbonyl (C=O) groups is 1. The summed E-state index contributed by atoms with van der Waals surface area (Å²) in [5.41, 5.74) is 1.01. The monoisotopic (exact) mass is 518 g/mol. The maximum atomic E-state index is 13.5. The molecule has 1 atom stereocenters. The number of ether oxygens (including phenoxy) is 1. The largest absolute Gasteiger partial charge is 0.383 e. The Morgan fingerprint density at radius 3 is 2.60 bits per heavy atom. The fourth-order valence-electron chi connectivity index (χ4n) is 4.08. The predicted molar refractivity (Wildman–Crippen MR) is 143 cm³/mol. The highest BCUT2D eigenvalue weighted by Crippen LogP contribution is 2.28. The summed E-state index contributed by atoms with van der Waals surface area (Å²) in [4.78, 5) is 33.6. The zero-order valence-electron chi connectivity index (χ0n) is 20.4. The van der Waals surface area contributed by atoms with Crippen LogP contribution in [0.3, 0.4) is 0 Å². The molecule has 1 aromatic heterocycles. The third-order valence-corrected chi connectivity index (χ3v) is 6.64. The highest BCUT2D eigenvalue weighted by atomic mass is 35.5. The first-order valence-electron chi connectivity index (χ1n) is 11.9. The third kappa shape index (κ3) is 6.54. The first-order valence-corrected chi connectivity index (χ1v) is 12.7. The van der Waals surface area contributed by atoms with Crippen LogP contribution in [0, 0.1) is 0 Å². The van der Waals surface area contributed by atoms with Crippen LogP contribution in [-0.4, -0.2) is 40.7 Å². The molecule has 1 heterocycles. The quantitative estimate of drug-likeness (QED) is 0.293. The summed E-state index contributed by atoms with van der Waals surface area (Å²) in [5, 5.41) is 4.26. The van der Waals surface area contributed by atoms with E-state index < -0.39 is 6.04 Å². The lowest BCUT2D eigenvalue weighted by Gasteiger charge is -2.32. The molecule has 2 aromatic carbocycles. The van der Waals surface area contributed by atoms with Crippen LogP contribution in [0.1, 0.15) is 51.4 Å². The minimum absolute atomic E-state index is 0.139. The number of hydrogen-bond donors (Lipinski definition) is 1. The Bertz CT molecular complexity index is 1210. The molecule has 0 saturated carbocycles. The lowest BCUT2D eigenvalue weighted by atomic mass is 10.1. The average molecular weight is 519 g/mol. The number of amides is 2. The number of methoxy groups -OCH3 is 1. The Morgan fingerprint density at radius 1 is 1.14 bits per heavy atom. The Labute approximate surface area is 216 Å². The van der Waals surface area contributed by atoms with Gasteiger partial charge in [0.2, 0.25) is 0 Å². The number of nitrogens with one attached hydrogen (secondary N) is 1. The molecule has 1 N–H and O–H groups in total. The summed E-state index contributed by atoms with van der Waals surface area (Å²) >= 11 is 12.2. The molecule has 3 aromatic rings. The highest BCUT2D eigenvalue weighted by molar-refractivity contribution is 6.42. The fraction of sp³-hybridized carbons (Fsp3) is 0.423. The van der Waals surface area contributed by atoms with Gasteiger partial charge >= 0.3 is 6.03 Å². The number of hydrogen-bond acceptors (Lipinski definition) is 4. The smallest absolute Gasteiger partial charge is 0.322 e. The normalized spacial score (nSPS) is 12.0. The molecular weight excluding hydrogens is 487 g/mol. The highest BCUT2D eigenvalue weighted by Gasteiger charge is 2.28. The summed E-state index contributed by atoms with van der Waals surface area (Å²) in [7, 11) is 1.60.